The fourth-order valence-corrected chi connectivity index (χ4v) is 3.65. The molecule has 0 spiro atoms. The molecule has 0 saturated carbocycles. The molecule has 39 heavy (non-hydrogen) atoms. The number of carbonyl (C=O) groups excluding carboxylic acids is 1. The number of hydrogen-bond acceptors (Lipinski definition) is 8. The summed E-state index contributed by atoms with van der Waals surface area (Å²) in [6.07, 6.45) is 1.77. The second-order valence-corrected chi connectivity index (χ2v) is 10.5. The third kappa shape index (κ3) is 9.45. The Bertz CT molecular complexity index is 1220. The molecule has 13 heteroatoms. The lowest BCUT2D eigenvalue weighted by Gasteiger charge is -2.32. The molecule has 0 saturated heterocycles. The first-order valence-corrected chi connectivity index (χ1v) is 12.6. The predicted molar refractivity (Wildman–Crippen MR) is 141 cm³/mol. The molecule has 210 valence electrons. The Balaban J connectivity index is 0.000000216. The number of pyridine rings is 1. The van der Waals surface area contributed by atoms with Crippen LogP contribution in [0.2, 0.25) is 10.2 Å². The van der Waals surface area contributed by atoms with E-state index in [9.17, 15) is 18.7 Å². The number of esters is 1. The minimum Gasteiger partial charge on any atom is -0.466 e. The van der Waals surface area contributed by atoms with Crippen LogP contribution < -0.4 is 4.74 Å². The van der Waals surface area contributed by atoms with Crippen LogP contribution in [-0.2, 0) is 16.1 Å². The minimum absolute atomic E-state index is 0.0204. The maximum Gasteiger partial charge on any atom is 0.333 e. The van der Waals surface area contributed by atoms with Crippen molar-refractivity contribution in [1.82, 2.24) is 24.6 Å². The highest BCUT2D eigenvalue weighted by atomic mass is 35.5. The molecule has 9 nitrogen and oxygen atoms in total. The fourth-order valence-electron chi connectivity index (χ4n) is 3.41. The van der Waals surface area contributed by atoms with Crippen LogP contribution in [-0.4, -0.2) is 61.4 Å². The number of carbonyl (C=O) groups is 1. The van der Waals surface area contributed by atoms with Gasteiger partial charge in [-0.25, -0.2) is 28.2 Å². The number of ether oxygens (including phenoxy) is 2. The number of halogens is 4. The fraction of sp³-hybridized carbons (Fsp3) is 0.385. The molecule has 0 aliphatic carbocycles. The van der Waals surface area contributed by atoms with Gasteiger partial charge in [0.2, 0.25) is 6.23 Å². The Morgan fingerprint density at radius 3 is 2.41 bits per heavy atom. The normalized spacial score (nSPS) is 14.7. The van der Waals surface area contributed by atoms with E-state index in [1.807, 2.05) is 20.8 Å². The molecule has 0 radical (unpaired) electrons. The zero-order chi connectivity index (χ0) is 28.6. The van der Waals surface area contributed by atoms with Crippen LogP contribution in [0, 0.1) is 5.41 Å². The van der Waals surface area contributed by atoms with Crippen molar-refractivity contribution in [3.8, 4) is 5.75 Å². The van der Waals surface area contributed by atoms with Gasteiger partial charge in [0.15, 0.2) is 0 Å². The second kappa shape index (κ2) is 13.7. The number of cyclic esters (lactones) is 1. The van der Waals surface area contributed by atoms with Crippen LogP contribution in [0.5, 0.6) is 5.75 Å². The quantitative estimate of drug-likeness (QED) is 0.272. The van der Waals surface area contributed by atoms with E-state index in [1.54, 1.807) is 36.4 Å². The smallest absolute Gasteiger partial charge is 0.333 e. The molecule has 2 aromatic heterocycles. The number of hydrogen-bond donors (Lipinski definition) is 1. The molecular weight excluding hydrogens is 555 g/mol. The minimum atomic E-state index is -2.50. The molecule has 2 unspecified atom stereocenters. The summed E-state index contributed by atoms with van der Waals surface area (Å²) in [7, 11) is 0. The Labute approximate surface area is 235 Å². The van der Waals surface area contributed by atoms with Crippen molar-refractivity contribution >= 4 is 29.2 Å². The summed E-state index contributed by atoms with van der Waals surface area (Å²) in [5, 5.41) is 15.5. The van der Waals surface area contributed by atoms with Crippen LogP contribution in [0.4, 0.5) is 8.78 Å². The number of aliphatic hydroxyl groups excluding tert-OH is 1. The second-order valence-electron chi connectivity index (χ2n) is 9.65. The third-order valence-electron chi connectivity index (χ3n) is 5.50. The van der Waals surface area contributed by atoms with Gasteiger partial charge in [0.25, 0.3) is 6.43 Å². The van der Waals surface area contributed by atoms with Gasteiger partial charge >= 0.3 is 5.97 Å². The average Bonchev–Trinajstić information content (AvgIpc) is 3.56. The number of nitrogens with zero attached hydrogens (tertiary/aromatic N) is 5. The molecule has 1 aromatic carbocycles. The summed E-state index contributed by atoms with van der Waals surface area (Å²) in [6, 6.07) is 10.3. The Morgan fingerprint density at radius 1 is 1.18 bits per heavy atom. The highest BCUT2D eigenvalue weighted by Crippen LogP contribution is 2.30. The Hall–Kier alpha value is -3.28. The topological polar surface area (TPSA) is 103 Å². The van der Waals surface area contributed by atoms with Gasteiger partial charge in [-0.2, -0.15) is 5.10 Å². The van der Waals surface area contributed by atoms with Crippen molar-refractivity contribution in [2.45, 2.75) is 46.1 Å². The first-order valence-electron chi connectivity index (χ1n) is 11.9. The first kappa shape index (κ1) is 30.3. The molecule has 3 aromatic rings. The van der Waals surface area contributed by atoms with Crippen LogP contribution in [0.25, 0.3) is 0 Å². The van der Waals surface area contributed by atoms with Crippen molar-refractivity contribution in [2.24, 2.45) is 5.41 Å². The number of aliphatic hydroxyl groups is 1. The van der Waals surface area contributed by atoms with Gasteiger partial charge in [-0.15, -0.1) is 0 Å². The molecule has 0 fully saturated rings. The van der Waals surface area contributed by atoms with E-state index in [4.69, 9.17) is 32.7 Å². The van der Waals surface area contributed by atoms with E-state index in [0.717, 1.165) is 5.56 Å². The Kier molecular flexibility index (Phi) is 10.6. The van der Waals surface area contributed by atoms with E-state index >= 15 is 0 Å². The summed E-state index contributed by atoms with van der Waals surface area (Å²) >= 11 is 11.5. The van der Waals surface area contributed by atoms with Crippen molar-refractivity contribution in [1.29, 1.82) is 0 Å². The summed E-state index contributed by atoms with van der Waals surface area (Å²) < 4.78 is 37.2. The van der Waals surface area contributed by atoms with Crippen LogP contribution in [0.1, 0.15) is 32.6 Å². The largest absolute Gasteiger partial charge is 0.466 e. The van der Waals surface area contributed by atoms with E-state index in [2.05, 4.69) is 15.1 Å². The van der Waals surface area contributed by atoms with E-state index < -0.39 is 31.3 Å². The lowest BCUT2D eigenvalue weighted by molar-refractivity contribution is -0.135. The number of benzene rings is 1. The van der Waals surface area contributed by atoms with Crippen molar-refractivity contribution in [3.05, 3.63) is 82.8 Å². The van der Waals surface area contributed by atoms with Crippen molar-refractivity contribution in [2.75, 3.05) is 13.2 Å². The highest BCUT2D eigenvalue weighted by molar-refractivity contribution is 6.30. The van der Waals surface area contributed by atoms with Gasteiger partial charge in [0.05, 0.1) is 12.2 Å². The highest BCUT2D eigenvalue weighted by Gasteiger charge is 2.34. The number of aromatic nitrogens is 4. The van der Waals surface area contributed by atoms with Crippen molar-refractivity contribution < 1.29 is 28.2 Å². The Morgan fingerprint density at radius 2 is 1.90 bits per heavy atom. The summed E-state index contributed by atoms with van der Waals surface area (Å²) in [6.45, 7) is 5.58. The van der Waals surface area contributed by atoms with Crippen LogP contribution >= 0.6 is 23.2 Å². The SMILES string of the molecule is CC(C)(C)C(O)C(Oc1ccc(Cl)cc1)n1cncn1.O=C1C=C(N(Cc2ccc(Cl)nc2)CC(F)F)CO1. The molecule has 3 heterocycles. The van der Waals surface area contributed by atoms with Crippen LogP contribution in [0.15, 0.2) is 67.0 Å². The molecule has 0 amide bonds. The van der Waals surface area contributed by atoms with E-state index in [-0.39, 0.29) is 18.6 Å². The average molecular weight is 584 g/mol. The first-order chi connectivity index (χ1) is 18.4. The lowest BCUT2D eigenvalue weighted by Crippen LogP contribution is -2.38. The zero-order valence-electron chi connectivity index (χ0n) is 21.5. The number of alkyl halides is 2. The summed E-state index contributed by atoms with van der Waals surface area (Å²) in [5.74, 6) is 0.0988. The van der Waals surface area contributed by atoms with Gasteiger partial charge in [-0.3, -0.25) is 0 Å². The molecule has 1 aliphatic rings. The molecule has 1 aliphatic heterocycles. The van der Waals surface area contributed by atoms with E-state index in [0.29, 0.717) is 21.6 Å². The molecule has 2 atom stereocenters. The van der Waals surface area contributed by atoms with E-state index in [1.165, 1.54) is 34.5 Å². The third-order valence-corrected chi connectivity index (χ3v) is 5.97. The van der Waals surface area contributed by atoms with Gasteiger partial charge in [0, 0.05) is 23.8 Å². The molecule has 0 bridgehead atoms. The van der Waals surface area contributed by atoms with Crippen molar-refractivity contribution in [3.63, 3.8) is 0 Å². The molecular formula is C26H29Cl2F2N5O4. The maximum absolute atomic E-state index is 12.6. The molecule has 1 N–H and O–H groups in total. The standard InChI is InChI=1S/C14H18ClN3O2.C12H11ClF2N2O2/c1-14(2,3)12(19)13(18-9-16-8-17-18)20-11-6-4-10(15)5-7-11;13-10-2-1-8(4-16-10)5-17(6-11(14)15)9-3-12(18)19-7-9/h4-9,12-13,19H,1-3H3;1-4,11H,5-7H2. The lowest BCUT2D eigenvalue weighted by atomic mass is 9.88. The monoisotopic (exact) mass is 583 g/mol. The van der Waals surface area contributed by atoms with Gasteiger partial charge in [-0.1, -0.05) is 50.0 Å². The van der Waals surface area contributed by atoms with Gasteiger partial charge < -0.3 is 19.5 Å². The maximum atomic E-state index is 12.6. The van der Waals surface area contributed by atoms with Gasteiger partial charge in [-0.05, 0) is 41.3 Å². The molecule has 4 rings (SSSR count). The zero-order valence-corrected chi connectivity index (χ0v) is 23.1. The van der Waals surface area contributed by atoms with Crippen LogP contribution in [0.3, 0.4) is 0 Å². The summed E-state index contributed by atoms with van der Waals surface area (Å²) in [4.78, 5) is 20.2. The predicted octanol–water partition coefficient (Wildman–Crippen LogP) is 5.16. The summed E-state index contributed by atoms with van der Waals surface area (Å²) in [5.41, 5.74) is 0.814. The number of rotatable bonds is 9. The van der Waals surface area contributed by atoms with Gasteiger partial charge in [0.1, 0.15) is 36.3 Å².